The van der Waals surface area contributed by atoms with Crippen molar-refractivity contribution in [3.05, 3.63) is 42.6 Å². The van der Waals surface area contributed by atoms with Gasteiger partial charge in [-0.15, -0.1) is 0 Å². The minimum absolute atomic E-state index is 0.354. The van der Waals surface area contributed by atoms with Gasteiger partial charge in [-0.25, -0.2) is 14.3 Å². The Bertz CT molecular complexity index is 919. The molecule has 2 amide bonds. The van der Waals surface area contributed by atoms with Crippen LogP contribution in [0, 0.1) is 0 Å². The second kappa shape index (κ2) is 6.37. The Kier molecular flexibility index (Phi) is 4.11. The van der Waals surface area contributed by atoms with E-state index in [4.69, 9.17) is 4.74 Å². The Balaban J connectivity index is 1.93. The largest absolute Gasteiger partial charge is 0.427 e. The van der Waals surface area contributed by atoms with Gasteiger partial charge in [0.25, 0.3) is 0 Å². The standard InChI is InChI=1S/C16H15N5O3/c1-10(22)24-12-5-3-4-11(8-12)13-6-7-15-18-14(9-21(15)20-13)19-16(23)17-2/h3-9H,1-2H3,(H2,17,19,23). The molecule has 122 valence electrons. The highest BCUT2D eigenvalue weighted by Gasteiger charge is 2.08. The normalized spacial score (nSPS) is 10.4. The fraction of sp³-hybridized carbons (Fsp3) is 0.125. The van der Waals surface area contributed by atoms with Crippen molar-refractivity contribution in [2.24, 2.45) is 0 Å². The number of hydrogen-bond donors (Lipinski definition) is 2. The molecule has 2 N–H and O–H groups in total. The van der Waals surface area contributed by atoms with E-state index in [2.05, 4.69) is 20.7 Å². The molecule has 0 fully saturated rings. The third-order valence-electron chi connectivity index (χ3n) is 3.18. The van der Waals surface area contributed by atoms with Gasteiger partial charge in [0.1, 0.15) is 5.75 Å². The van der Waals surface area contributed by atoms with Gasteiger partial charge in [0.05, 0.1) is 11.9 Å². The molecule has 3 aromatic rings. The molecular formula is C16H15N5O3. The van der Waals surface area contributed by atoms with Crippen LogP contribution in [-0.2, 0) is 4.79 Å². The lowest BCUT2D eigenvalue weighted by Gasteiger charge is -2.05. The van der Waals surface area contributed by atoms with E-state index in [9.17, 15) is 9.59 Å². The molecule has 8 heteroatoms. The van der Waals surface area contributed by atoms with E-state index < -0.39 is 0 Å². The lowest BCUT2D eigenvalue weighted by Crippen LogP contribution is -2.24. The number of benzene rings is 1. The molecule has 0 radical (unpaired) electrons. The predicted molar refractivity (Wildman–Crippen MR) is 87.8 cm³/mol. The van der Waals surface area contributed by atoms with Gasteiger partial charge in [-0.1, -0.05) is 12.1 Å². The zero-order valence-corrected chi connectivity index (χ0v) is 13.1. The van der Waals surface area contributed by atoms with Crippen molar-refractivity contribution in [3.63, 3.8) is 0 Å². The van der Waals surface area contributed by atoms with Crippen molar-refractivity contribution >= 4 is 23.5 Å². The summed E-state index contributed by atoms with van der Waals surface area (Å²) in [6.45, 7) is 1.35. The summed E-state index contributed by atoms with van der Waals surface area (Å²) in [5, 5.41) is 9.51. The van der Waals surface area contributed by atoms with Gasteiger partial charge in [-0.3, -0.25) is 10.1 Å². The number of anilines is 1. The average Bonchev–Trinajstić information content (AvgIpc) is 2.95. The van der Waals surface area contributed by atoms with E-state index in [0.717, 1.165) is 5.56 Å². The fourth-order valence-corrected chi connectivity index (χ4v) is 2.16. The zero-order valence-electron chi connectivity index (χ0n) is 13.1. The Hall–Kier alpha value is -3.42. The number of amides is 2. The molecule has 0 aliphatic carbocycles. The van der Waals surface area contributed by atoms with Crippen molar-refractivity contribution in [1.82, 2.24) is 19.9 Å². The van der Waals surface area contributed by atoms with Crippen LogP contribution in [0.1, 0.15) is 6.92 Å². The monoisotopic (exact) mass is 325 g/mol. The maximum atomic E-state index is 11.3. The van der Waals surface area contributed by atoms with Crippen LogP contribution in [0.25, 0.3) is 16.9 Å². The summed E-state index contributed by atoms with van der Waals surface area (Å²) in [5.74, 6) is 0.470. The van der Waals surface area contributed by atoms with E-state index in [1.807, 2.05) is 6.07 Å². The molecule has 0 saturated carbocycles. The van der Waals surface area contributed by atoms with E-state index in [1.54, 1.807) is 41.0 Å². The smallest absolute Gasteiger partial charge is 0.320 e. The van der Waals surface area contributed by atoms with E-state index >= 15 is 0 Å². The molecule has 8 nitrogen and oxygen atoms in total. The summed E-state index contributed by atoms with van der Waals surface area (Å²) in [7, 11) is 1.53. The molecule has 2 heterocycles. The Morgan fingerprint density at radius 3 is 2.79 bits per heavy atom. The molecule has 0 aliphatic heterocycles. The average molecular weight is 325 g/mol. The number of imidazole rings is 1. The molecule has 0 saturated heterocycles. The van der Waals surface area contributed by atoms with Crippen LogP contribution in [0.4, 0.5) is 10.6 Å². The van der Waals surface area contributed by atoms with Crippen LogP contribution in [0.5, 0.6) is 5.75 Å². The molecule has 1 aromatic carbocycles. The Morgan fingerprint density at radius 2 is 2.04 bits per heavy atom. The van der Waals surface area contributed by atoms with Gasteiger partial charge >= 0.3 is 12.0 Å². The molecule has 0 aliphatic rings. The summed E-state index contributed by atoms with van der Waals surface area (Å²) in [6, 6.07) is 10.3. The maximum absolute atomic E-state index is 11.3. The predicted octanol–water partition coefficient (Wildman–Crippen LogP) is 2.07. The molecule has 2 aromatic heterocycles. The number of urea groups is 1. The quantitative estimate of drug-likeness (QED) is 0.567. The summed E-state index contributed by atoms with van der Waals surface area (Å²) >= 11 is 0. The third kappa shape index (κ3) is 3.32. The number of ether oxygens (including phenoxy) is 1. The summed E-state index contributed by atoms with van der Waals surface area (Å²) in [5.41, 5.74) is 2.08. The number of carbonyl (C=O) groups excluding carboxylic acids is 2. The molecule has 0 unspecified atom stereocenters. The second-order valence-corrected chi connectivity index (χ2v) is 4.97. The first-order valence-electron chi connectivity index (χ1n) is 7.19. The van der Waals surface area contributed by atoms with Crippen LogP contribution in [0.15, 0.2) is 42.6 Å². The highest BCUT2D eigenvalue weighted by Crippen LogP contribution is 2.23. The van der Waals surface area contributed by atoms with Crippen molar-refractivity contribution < 1.29 is 14.3 Å². The number of nitrogens with one attached hydrogen (secondary N) is 2. The third-order valence-corrected chi connectivity index (χ3v) is 3.18. The first-order valence-corrected chi connectivity index (χ1v) is 7.19. The fourth-order valence-electron chi connectivity index (χ4n) is 2.16. The Morgan fingerprint density at radius 1 is 1.21 bits per heavy atom. The highest BCUT2D eigenvalue weighted by molar-refractivity contribution is 5.88. The number of esters is 1. The minimum Gasteiger partial charge on any atom is -0.427 e. The summed E-state index contributed by atoms with van der Waals surface area (Å²) in [4.78, 5) is 26.7. The maximum Gasteiger partial charge on any atom is 0.320 e. The molecule has 3 rings (SSSR count). The number of aromatic nitrogens is 3. The van der Waals surface area contributed by atoms with Crippen molar-refractivity contribution in [2.75, 3.05) is 12.4 Å². The minimum atomic E-state index is -0.380. The van der Waals surface area contributed by atoms with Gasteiger partial charge < -0.3 is 10.1 Å². The van der Waals surface area contributed by atoms with Gasteiger partial charge in [-0.05, 0) is 24.3 Å². The van der Waals surface area contributed by atoms with E-state index in [-0.39, 0.29) is 12.0 Å². The van der Waals surface area contributed by atoms with Crippen molar-refractivity contribution in [2.45, 2.75) is 6.92 Å². The van der Waals surface area contributed by atoms with Crippen molar-refractivity contribution in [1.29, 1.82) is 0 Å². The second-order valence-electron chi connectivity index (χ2n) is 4.97. The molecular weight excluding hydrogens is 310 g/mol. The first kappa shape index (κ1) is 15.5. The lowest BCUT2D eigenvalue weighted by atomic mass is 10.1. The van der Waals surface area contributed by atoms with Crippen LogP contribution < -0.4 is 15.4 Å². The van der Waals surface area contributed by atoms with Gasteiger partial charge in [0.15, 0.2) is 11.5 Å². The molecule has 0 atom stereocenters. The molecule has 0 bridgehead atoms. The number of carbonyl (C=O) groups is 2. The molecule has 24 heavy (non-hydrogen) atoms. The molecule has 0 spiro atoms. The van der Waals surface area contributed by atoms with Gasteiger partial charge in [0, 0.05) is 19.5 Å². The summed E-state index contributed by atoms with van der Waals surface area (Å²) < 4.78 is 6.65. The zero-order chi connectivity index (χ0) is 17.1. The van der Waals surface area contributed by atoms with Gasteiger partial charge in [0.2, 0.25) is 0 Å². The Labute approximate surface area is 137 Å². The highest BCUT2D eigenvalue weighted by atomic mass is 16.5. The van der Waals surface area contributed by atoms with Crippen molar-refractivity contribution in [3.8, 4) is 17.0 Å². The number of nitrogens with zero attached hydrogens (tertiary/aromatic N) is 3. The topological polar surface area (TPSA) is 97.6 Å². The van der Waals surface area contributed by atoms with E-state index in [0.29, 0.717) is 22.9 Å². The lowest BCUT2D eigenvalue weighted by molar-refractivity contribution is -0.131. The summed E-state index contributed by atoms with van der Waals surface area (Å²) in [6.07, 6.45) is 1.62. The number of hydrogen-bond acceptors (Lipinski definition) is 5. The number of rotatable bonds is 3. The van der Waals surface area contributed by atoms with Gasteiger partial charge in [-0.2, -0.15) is 5.10 Å². The van der Waals surface area contributed by atoms with Crippen LogP contribution in [0.2, 0.25) is 0 Å². The van der Waals surface area contributed by atoms with Crippen LogP contribution >= 0.6 is 0 Å². The van der Waals surface area contributed by atoms with E-state index in [1.165, 1.54) is 14.0 Å². The van der Waals surface area contributed by atoms with Crippen LogP contribution in [0.3, 0.4) is 0 Å². The number of fused-ring (bicyclic) bond motifs is 1. The van der Waals surface area contributed by atoms with Crippen LogP contribution in [-0.4, -0.2) is 33.6 Å². The first-order chi connectivity index (χ1) is 11.5. The SMILES string of the molecule is CNC(=O)Nc1cn2nc(-c3cccc(OC(C)=O)c3)ccc2n1.